The Morgan fingerprint density at radius 3 is 2.36 bits per heavy atom. The minimum atomic E-state index is -3.84. The molecule has 5 nitrogen and oxygen atoms in total. The number of amides is 1. The summed E-state index contributed by atoms with van der Waals surface area (Å²) in [6.45, 7) is -0.217. The molecule has 2 aliphatic rings. The van der Waals surface area contributed by atoms with Crippen LogP contribution in [0.1, 0.15) is 25.7 Å². The van der Waals surface area contributed by atoms with Crippen molar-refractivity contribution in [2.75, 3.05) is 10.8 Å². The zero-order valence-corrected chi connectivity index (χ0v) is 18.4. The summed E-state index contributed by atoms with van der Waals surface area (Å²) in [6.07, 6.45) is 4.63. The molecule has 2 saturated carbocycles. The third-order valence-electron chi connectivity index (χ3n) is 5.82. The molecule has 28 heavy (non-hydrogen) atoms. The van der Waals surface area contributed by atoms with Gasteiger partial charge < -0.3 is 5.32 Å². The SMILES string of the molecule is O=C(CN(c1ccc(I)cc1)S(=O)(=O)c1ccccc1)N[C@H]1C[C@H]2CC[C@@H]1C2. The van der Waals surface area contributed by atoms with Crippen LogP contribution in [0.25, 0.3) is 0 Å². The smallest absolute Gasteiger partial charge is 0.264 e. The summed E-state index contributed by atoms with van der Waals surface area (Å²) in [6, 6.07) is 15.6. The first-order valence-corrected chi connectivity index (χ1v) is 12.1. The Morgan fingerprint density at radius 1 is 1.04 bits per heavy atom. The molecule has 3 atom stereocenters. The third kappa shape index (κ3) is 4.05. The maximum absolute atomic E-state index is 13.3. The van der Waals surface area contributed by atoms with E-state index in [0.717, 1.165) is 15.9 Å². The predicted octanol–water partition coefficient (Wildman–Crippen LogP) is 3.79. The summed E-state index contributed by atoms with van der Waals surface area (Å²) in [5.74, 6) is 1.03. The van der Waals surface area contributed by atoms with Crippen LogP contribution < -0.4 is 9.62 Å². The lowest BCUT2D eigenvalue weighted by atomic mass is 9.95. The molecule has 2 fully saturated rings. The minimum absolute atomic E-state index is 0.182. The Labute approximate surface area is 179 Å². The largest absolute Gasteiger partial charge is 0.352 e. The van der Waals surface area contributed by atoms with Gasteiger partial charge in [-0.2, -0.15) is 0 Å². The second kappa shape index (κ2) is 8.02. The number of sulfonamides is 1. The van der Waals surface area contributed by atoms with E-state index in [1.165, 1.54) is 23.6 Å². The number of halogens is 1. The highest BCUT2D eigenvalue weighted by atomic mass is 127. The van der Waals surface area contributed by atoms with E-state index >= 15 is 0 Å². The molecule has 7 heteroatoms. The number of hydrogen-bond acceptors (Lipinski definition) is 3. The molecule has 4 rings (SSSR count). The summed E-state index contributed by atoms with van der Waals surface area (Å²) in [5, 5.41) is 3.10. The Balaban J connectivity index is 1.58. The monoisotopic (exact) mass is 510 g/mol. The van der Waals surface area contributed by atoms with Gasteiger partial charge >= 0.3 is 0 Å². The summed E-state index contributed by atoms with van der Waals surface area (Å²) >= 11 is 2.17. The number of carbonyl (C=O) groups excluding carboxylic acids is 1. The first-order valence-electron chi connectivity index (χ1n) is 9.56. The Kier molecular flexibility index (Phi) is 5.64. The van der Waals surface area contributed by atoms with Gasteiger partial charge in [0.1, 0.15) is 6.54 Å². The van der Waals surface area contributed by atoms with Crippen LogP contribution in [0.2, 0.25) is 0 Å². The van der Waals surface area contributed by atoms with Gasteiger partial charge in [0.15, 0.2) is 0 Å². The van der Waals surface area contributed by atoms with Gasteiger partial charge in [-0.05, 0) is 90.1 Å². The van der Waals surface area contributed by atoms with E-state index in [1.54, 1.807) is 42.5 Å². The average molecular weight is 510 g/mol. The zero-order chi connectivity index (χ0) is 19.7. The lowest BCUT2D eigenvalue weighted by molar-refractivity contribution is -0.120. The molecular formula is C21H23IN2O3S. The third-order valence-corrected chi connectivity index (χ3v) is 8.32. The Hall–Kier alpha value is -1.61. The maximum Gasteiger partial charge on any atom is 0.264 e. The van der Waals surface area contributed by atoms with Crippen molar-refractivity contribution in [2.45, 2.75) is 36.6 Å². The lowest BCUT2D eigenvalue weighted by Gasteiger charge is -2.27. The van der Waals surface area contributed by atoms with Gasteiger partial charge in [0, 0.05) is 9.61 Å². The van der Waals surface area contributed by atoms with E-state index < -0.39 is 10.0 Å². The van der Waals surface area contributed by atoms with Crippen molar-refractivity contribution in [1.29, 1.82) is 0 Å². The Morgan fingerprint density at radius 2 is 1.75 bits per heavy atom. The van der Waals surface area contributed by atoms with Crippen LogP contribution in [0.3, 0.4) is 0 Å². The van der Waals surface area contributed by atoms with Crippen molar-refractivity contribution < 1.29 is 13.2 Å². The highest BCUT2D eigenvalue weighted by Crippen LogP contribution is 2.44. The molecular weight excluding hydrogens is 487 g/mol. The maximum atomic E-state index is 13.3. The number of anilines is 1. The number of benzene rings is 2. The van der Waals surface area contributed by atoms with Crippen LogP contribution in [0, 0.1) is 15.4 Å². The molecule has 0 aromatic heterocycles. The van der Waals surface area contributed by atoms with E-state index in [9.17, 15) is 13.2 Å². The molecule has 2 aliphatic carbocycles. The lowest BCUT2D eigenvalue weighted by Crippen LogP contribution is -2.46. The van der Waals surface area contributed by atoms with E-state index in [2.05, 4.69) is 27.9 Å². The fraction of sp³-hybridized carbons (Fsp3) is 0.381. The minimum Gasteiger partial charge on any atom is -0.352 e. The van der Waals surface area contributed by atoms with Crippen molar-refractivity contribution in [3.63, 3.8) is 0 Å². The standard InChI is InChI=1S/C21H23IN2O3S/c22-17-8-10-18(11-9-17)24(28(26,27)19-4-2-1-3-5-19)14-21(25)23-20-13-15-6-7-16(20)12-15/h1-5,8-11,15-16,20H,6-7,12-14H2,(H,23,25)/t15-,16+,20-/m0/s1. The first-order chi connectivity index (χ1) is 13.4. The second-order valence-corrected chi connectivity index (χ2v) is 10.8. The van der Waals surface area contributed by atoms with Crippen molar-refractivity contribution in [1.82, 2.24) is 5.32 Å². The summed E-state index contributed by atoms with van der Waals surface area (Å²) < 4.78 is 28.7. The van der Waals surface area contributed by atoms with Gasteiger partial charge in [-0.15, -0.1) is 0 Å². The quantitative estimate of drug-likeness (QED) is 0.602. The van der Waals surface area contributed by atoms with E-state index in [4.69, 9.17) is 0 Å². The van der Waals surface area contributed by atoms with Gasteiger partial charge in [0.2, 0.25) is 5.91 Å². The van der Waals surface area contributed by atoms with Crippen LogP contribution in [0.5, 0.6) is 0 Å². The van der Waals surface area contributed by atoms with Crippen LogP contribution >= 0.6 is 22.6 Å². The van der Waals surface area contributed by atoms with Crippen LogP contribution in [0.4, 0.5) is 5.69 Å². The second-order valence-electron chi connectivity index (χ2n) is 7.65. The summed E-state index contributed by atoms with van der Waals surface area (Å²) in [5.41, 5.74) is 0.493. The van der Waals surface area contributed by atoms with Crippen molar-refractivity contribution in [2.24, 2.45) is 11.8 Å². The fourth-order valence-electron chi connectivity index (χ4n) is 4.45. The molecule has 0 saturated heterocycles. The molecule has 0 unspecified atom stereocenters. The van der Waals surface area contributed by atoms with Crippen LogP contribution in [0.15, 0.2) is 59.5 Å². The normalized spacial score (nSPS) is 23.5. The average Bonchev–Trinajstić information content (AvgIpc) is 3.31. The highest BCUT2D eigenvalue weighted by molar-refractivity contribution is 14.1. The molecule has 0 heterocycles. The summed E-state index contributed by atoms with van der Waals surface area (Å²) in [7, 11) is -3.84. The fourth-order valence-corrected chi connectivity index (χ4v) is 6.25. The molecule has 148 valence electrons. The van der Waals surface area contributed by atoms with Crippen molar-refractivity contribution >= 4 is 44.2 Å². The molecule has 0 radical (unpaired) electrons. The van der Waals surface area contributed by atoms with E-state index in [0.29, 0.717) is 11.6 Å². The summed E-state index contributed by atoms with van der Waals surface area (Å²) in [4.78, 5) is 13.0. The highest BCUT2D eigenvalue weighted by Gasteiger charge is 2.40. The van der Waals surface area contributed by atoms with Crippen molar-refractivity contribution in [3.05, 3.63) is 58.2 Å². The molecule has 2 aromatic carbocycles. The van der Waals surface area contributed by atoms with Crippen LogP contribution in [-0.4, -0.2) is 26.9 Å². The first kappa shape index (κ1) is 19.7. The topological polar surface area (TPSA) is 66.5 Å². The number of carbonyl (C=O) groups is 1. The van der Waals surface area contributed by atoms with Crippen LogP contribution in [-0.2, 0) is 14.8 Å². The molecule has 0 spiro atoms. The van der Waals surface area contributed by atoms with Gasteiger partial charge in [0.25, 0.3) is 10.0 Å². The molecule has 2 bridgehead atoms. The Bertz CT molecular complexity index is 947. The van der Waals surface area contributed by atoms with Gasteiger partial charge in [-0.3, -0.25) is 9.10 Å². The van der Waals surface area contributed by atoms with Crippen molar-refractivity contribution in [3.8, 4) is 0 Å². The van der Waals surface area contributed by atoms with Gasteiger partial charge in [-0.25, -0.2) is 8.42 Å². The number of rotatable bonds is 6. The number of hydrogen-bond donors (Lipinski definition) is 1. The molecule has 1 N–H and O–H groups in total. The van der Waals surface area contributed by atoms with Gasteiger partial charge in [0.05, 0.1) is 10.6 Å². The van der Waals surface area contributed by atoms with E-state index in [1.807, 2.05) is 12.1 Å². The predicted molar refractivity (Wildman–Crippen MR) is 118 cm³/mol. The van der Waals surface area contributed by atoms with Gasteiger partial charge in [-0.1, -0.05) is 24.6 Å². The molecule has 1 amide bonds. The molecule has 0 aliphatic heterocycles. The zero-order valence-electron chi connectivity index (χ0n) is 15.4. The molecule has 2 aromatic rings. The number of nitrogens with zero attached hydrogens (tertiary/aromatic N) is 1. The number of nitrogens with one attached hydrogen (secondary N) is 1. The van der Waals surface area contributed by atoms with E-state index in [-0.39, 0.29) is 23.4 Å². The number of fused-ring (bicyclic) bond motifs is 2.